The predicted octanol–water partition coefficient (Wildman–Crippen LogP) is 2.01. The van der Waals surface area contributed by atoms with E-state index < -0.39 is 35.0 Å². The average molecular weight is 448 g/mol. The molecule has 2 aliphatic heterocycles. The molecule has 1 aliphatic carbocycles. The van der Waals surface area contributed by atoms with Crippen LogP contribution >= 0.6 is 11.6 Å². The Bertz CT molecular complexity index is 1170. The van der Waals surface area contributed by atoms with Crippen LogP contribution in [0.1, 0.15) is 45.7 Å². The molecule has 3 aliphatic rings. The van der Waals surface area contributed by atoms with Gasteiger partial charge in [0.15, 0.2) is 17.7 Å². The lowest BCUT2D eigenvalue weighted by molar-refractivity contribution is -0.132. The molecule has 1 aromatic carbocycles. The van der Waals surface area contributed by atoms with E-state index in [1.807, 2.05) is 0 Å². The summed E-state index contributed by atoms with van der Waals surface area (Å²) in [4.78, 5) is 39.9. The molecule has 2 amide bonds. The van der Waals surface area contributed by atoms with Gasteiger partial charge in [-0.3, -0.25) is 14.4 Å². The Morgan fingerprint density at radius 1 is 1.32 bits per heavy atom. The van der Waals surface area contributed by atoms with Gasteiger partial charge >= 0.3 is 0 Å². The number of benzene rings is 1. The van der Waals surface area contributed by atoms with Crippen LogP contribution in [0.3, 0.4) is 0 Å². The number of halogens is 2. The highest BCUT2D eigenvalue weighted by Crippen LogP contribution is 2.38. The Hall–Kier alpha value is -2.91. The summed E-state index contributed by atoms with van der Waals surface area (Å²) >= 11 is 5.65. The molecule has 2 bridgehead atoms. The van der Waals surface area contributed by atoms with E-state index in [1.54, 1.807) is 11.0 Å². The first kappa shape index (κ1) is 20.0. The van der Waals surface area contributed by atoms with Crippen LogP contribution in [-0.4, -0.2) is 44.8 Å². The Balaban J connectivity index is 1.42. The normalized spacial score (nSPS) is 24.0. The van der Waals surface area contributed by atoms with E-state index in [0.29, 0.717) is 5.56 Å². The van der Waals surface area contributed by atoms with Crippen molar-refractivity contribution in [2.24, 2.45) is 0 Å². The Morgan fingerprint density at radius 3 is 2.90 bits per heavy atom. The number of hydrogen-bond acceptors (Lipinski definition) is 5. The van der Waals surface area contributed by atoms with Crippen molar-refractivity contribution in [2.45, 2.75) is 50.7 Å². The number of carbonyl (C=O) groups excluding carboxylic acids is 2. The molecule has 31 heavy (non-hydrogen) atoms. The Kier molecular flexibility index (Phi) is 4.75. The molecular formula is C21H19ClFN3O5. The van der Waals surface area contributed by atoms with Crippen LogP contribution in [0.15, 0.2) is 29.2 Å². The molecule has 3 unspecified atom stereocenters. The van der Waals surface area contributed by atoms with Crippen molar-refractivity contribution in [1.29, 1.82) is 0 Å². The maximum Gasteiger partial charge on any atom is 0.276 e. The van der Waals surface area contributed by atoms with Gasteiger partial charge in [0.05, 0.1) is 17.7 Å². The summed E-state index contributed by atoms with van der Waals surface area (Å²) in [6.45, 7) is 0.168. The number of amides is 2. The summed E-state index contributed by atoms with van der Waals surface area (Å²) in [7, 11) is 0. The monoisotopic (exact) mass is 447 g/mol. The smallest absolute Gasteiger partial charge is 0.276 e. The molecular weight excluding hydrogens is 429 g/mol. The van der Waals surface area contributed by atoms with Gasteiger partial charge in [0.2, 0.25) is 5.43 Å². The largest absolute Gasteiger partial charge is 0.503 e. The molecule has 2 fully saturated rings. The molecule has 1 aromatic heterocycles. The summed E-state index contributed by atoms with van der Waals surface area (Å²) in [5.41, 5.74) is -0.920. The third-order valence-corrected chi connectivity index (χ3v) is 6.44. The standard InChI is InChI=1S/C21H19ClFN3O5/c22-14-4-1-10(5-15(14)23)7-24-20(29)13-8-25-9-16-26(11-2-3-12(6-11)31-16)21(30)17(25)19(28)18(13)27/h1,4-5,8,11-12,16,28H,2-3,6-7,9H2,(H,24,29). The Labute approximate surface area is 181 Å². The van der Waals surface area contributed by atoms with Gasteiger partial charge in [0.1, 0.15) is 11.4 Å². The lowest BCUT2D eigenvalue weighted by atomic mass is 10.1. The minimum Gasteiger partial charge on any atom is -0.503 e. The first-order valence-corrected chi connectivity index (χ1v) is 10.4. The van der Waals surface area contributed by atoms with Gasteiger partial charge in [-0.25, -0.2) is 4.39 Å². The first-order chi connectivity index (χ1) is 14.8. The molecule has 2 N–H and O–H groups in total. The number of hydrogen-bond donors (Lipinski definition) is 2. The van der Waals surface area contributed by atoms with Crippen molar-refractivity contribution in [3.8, 4) is 5.75 Å². The third-order valence-electron chi connectivity index (χ3n) is 6.14. The predicted molar refractivity (Wildman–Crippen MR) is 107 cm³/mol. The van der Waals surface area contributed by atoms with Crippen molar-refractivity contribution < 1.29 is 23.8 Å². The zero-order valence-corrected chi connectivity index (χ0v) is 17.1. The fourth-order valence-corrected chi connectivity index (χ4v) is 4.76. The number of aromatic hydroxyl groups is 1. The van der Waals surface area contributed by atoms with E-state index in [2.05, 4.69) is 5.32 Å². The molecule has 1 saturated heterocycles. The first-order valence-electron chi connectivity index (χ1n) is 10.00. The highest BCUT2D eigenvalue weighted by Gasteiger charge is 2.47. The fourth-order valence-electron chi connectivity index (χ4n) is 4.64. The summed E-state index contributed by atoms with van der Waals surface area (Å²) in [5.74, 6) is -2.59. The topological polar surface area (TPSA) is 101 Å². The van der Waals surface area contributed by atoms with E-state index in [-0.39, 0.29) is 41.5 Å². The molecule has 162 valence electrons. The molecule has 0 radical (unpaired) electrons. The van der Waals surface area contributed by atoms with Crippen molar-refractivity contribution in [3.63, 3.8) is 0 Å². The van der Waals surface area contributed by atoms with Crippen LogP contribution in [0, 0.1) is 5.82 Å². The average Bonchev–Trinajstić information content (AvgIpc) is 3.11. The van der Waals surface area contributed by atoms with Crippen LogP contribution in [0.2, 0.25) is 5.02 Å². The van der Waals surface area contributed by atoms with Gasteiger partial charge < -0.3 is 24.6 Å². The van der Waals surface area contributed by atoms with Gasteiger partial charge in [-0.15, -0.1) is 0 Å². The second-order valence-corrected chi connectivity index (χ2v) is 8.45. The van der Waals surface area contributed by atoms with Gasteiger partial charge in [0.25, 0.3) is 11.8 Å². The number of rotatable bonds is 3. The van der Waals surface area contributed by atoms with Crippen molar-refractivity contribution in [3.05, 3.63) is 62.3 Å². The van der Waals surface area contributed by atoms with Crippen LogP contribution in [0.4, 0.5) is 4.39 Å². The molecule has 10 heteroatoms. The van der Waals surface area contributed by atoms with Crippen molar-refractivity contribution in [1.82, 2.24) is 14.8 Å². The number of fused-ring (bicyclic) bond motifs is 5. The summed E-state index contributed by atoms with van der Waals surface area (Å²) < 4.78 is 21.0. The van der Waals surface area contributed by atoms with Gasteiger partial charge in [0, 0.05) is 18.8 Å². The van der Waals surface area contributed by atoms with Crippen LogP contribution in [-0.2, 0) is 17.8 Å². The number of ether oxygens (including phenoxy) is 1. The Morgan fingerprint density at radius 2 is 2.13 bits per heavy atom. The minimum atomic E-state index is -0.930. The fraction of sp³-hybridized carbons (Fsp3) is 0.381. The number of aromatic nitrogens is 1. The second-order valence-electron chi connectivity index (χ2n) is 8.04. The van der Waals surface area contributed by atoms with Crippen molar-refractivity contribution in [2.75, 3.05) is 0 Å². The van der Waals surface area contributed by atoms with Crippen LogP contribution < -0.4 is 10.7 Å². The molecule has 0 spiro atoms. The van der Waals surface area contributed by atoms with Gasteiger partial charge in [-0.1, -0.05) is 17.7 Å². The van der Waals surface area contributed by atoms with Gasteiger partial charge in [-0.2, -0.15) is 0 Å². The summed E-state index contributed by atoms with van der Waals surface area (Å²) in [5, 5.41) is 13.0. The molecule has 5 rings (SSSR count). The lowest BCUT2D eigenvalue weighted by Gasteiger charge is -2.44. The molecule has 1 saturated carbocycles. The number of carbonyl (C=O) groups is 2. The summed E-state index contributed by atoms with van der Waals surface area (Å²) in [6.07, 6.45) is 3.30. The maximum absolute atomic E-state index is 13.6. The third kappa shape index (κ3) is 3.28. The quantitative estimate of drug-likeness (QED) is 0.749. The molecule has 3 heterocycles. The maximum atomic E-state index is 13.6. The number of nitrogens with zero attached hydrogens (tertiary/aromatic N) is 2. The summed E-state index contributed by atoms with van der Waals surface area (Å²) in [6, 6.07) is 4.13. The van der Waals surface area contributed by atoms with Crippen LogP contribution in [0.5, 0.6) is 5.75 Å². The SMILES string of the molecule is O=C(NCc1ccc(Cl)c(F)c1)c1cn2c(c(O)c1=O)C(=O)N1C3CCC(C3)OC1C2. The van der Waals surface area contributed by atoms with E-state index >= 15 is 0 Å². The second kappa shape index (κ2) is 7.35. The zero-order chi connectivity index (χ0) is 21.9. The van der Waals surface area contributed by atoms with Crippen molar-refractivity contribution >= 4 is 23.4 Å². The molecule has 8 nitrogen and oxygen atoms in total. The minimum absolute atomic E-state index is 0.0299. The number of nitrogens with one attached hydrogen (secondary N) is 1. The molecule has 2 aromatic rings. The molecule has 3 atom stereocenters. The lowest BCUT2D eigenvalue weighted by Crippen LogP contribution is -2.57. The van der Waals surface area contributed by atoms with Gasteiger partial charge in [-0.05, 0) is 37.0 Å². The highest BCUT2D eigenvalue weighted by molar-refractivity contribution is 6.30. The van der Waals surface area contributed by atoms with E-state index in [9.17, 15) is 23.9 Å². The number of pyridine rings is 1. The van der Waals surface area contributed by atoms with Crippen LogP contribution in [0.25, 0.3) is 0 Å². The van der Waals surface area contributed by atoms with E-state index in [4.69, 9.17) is 16.3 Å². The van der Waals surface area contributed by atoms with E-state index in [1.165, 1.54) is 22.9 Å². The van der Waals surface area contributed by atoms with E-state index in [0.717, 1.165) is 19.3 Å². The highest BCUT2D eigenvalue weighted by atomic mass is 35.5. The zero-order valence-electron chi connectivity index (χ0n) is 16.3.